The third-order valence-electron chi connectivity index (χ3n) is 6.64. The van der Waals surface area contributed by atoms with Gasteiger partial charge in [0.15, 0.2) is 5.79 Å². The number of aliphatic carboxylic acids is 1. The van der Waals surface area contributed by atoms with Crippen LogP contribution in [0.15, 0.2) is 0 Å². The Morgan fingerprint density at radius 2 is 1.59 bits per heavy atom. The first-order valence-corrected chi connectivity index (χ1v) is 8.19. The van der Waals surface area contributed by atoms with Gasteiger partial charge >= 0.3 is 0 Å². The first-order valence-electron chi connectivity index (χ1n) is 8.19. The number of aliphatic hydroxyl groups is 2. The predicted molar refractivity (Wildman–Crippen MR) is 72.2 cm³/mol. The van der Waals surface area contributed by atoms with Gasteiger partial charge in [0.1, 0.15) is 0 Å². The van der Waals surface area contributed by atoms with E-state index >= 15 is 0 Å². The van der Waals surface area contributed by atoms with Crippen LogP contribution in [0.5, 0.6) is 0 Å². The highest BCUT2D eigenvalue weighted by atomic mass is 16.7. The lowest BCUT2D eigenvalue weighted by Crippen LogP contribution is -2.69. The van der Waals surface area contributed by atoms with Crippen LogP contribution >= 0.6 is 0 Å². The van der Waals surface area contributed by atoms with Gasteiger partial charge in [-0.15, -0.1) is 0 Å². The molecule has 124 valence electrons. The van der Waals surface area contributed by atoms with Crippen LogP contribution in [0.3, 0.4) is 0 Å². The molecule has 1 aliphatic heterocycles. The van der Waals surface area contributed by atoms with Gasteiger partial charge in [0, 0.05) is 23.2 Å². The van der Waals surface area contributed by atoms with Gasteiger partial charge < -0.3 is 29.6 Å². The van der Waals surface area contributed by atoms with Gasteiger partial charge in [-0.1, -0.05) is 0 Å². The molecule has 2 unspecified atom stereocenters. The number of carbonyl (C=O) groups is 1. The third-order valence-corrected chi connectivity index (χ3v) is 6.64. The van der Waals surface area contributed by atoms with Crippen LogP contribution in [0, 0.1) is 28.6 Å². The second-order valence-corrected chi connectivity index (χ2v) is 8.03. The summed E-state index contributed by atoms with van der Waals surface area (Å²) in [4.78, 5) is 11.7. The van der Waals surface area contributed by atoms with Crippen molar-refractivity contribution in [2.75, 3.05) is 26.4 Å². The zero-order valence-corrected chi connectivity index (χ0v) is 12.6. The standard InChI is InChI=1S/C16H24O6/c17-6-14(7-18)8-21-16(22-9-14)11-1-10-2-12(16)5-15(3-10,4-11)13(19)20/h10-12,17-18H,1-9H2,(H,19,20)/p-1. The van der Waals surface area contributed by atoms with Crippen LogP contribution in [-0.4, -0.2) is 48.4 Å². The number of ether oxygens (including phenoxy) is 2. The van der Waals surface area contributed by atoms with E-state index in [-0.39, 0.29) is 38.3 Å². The van der Waals surface area contributed by atoms with Crippen LogP contribution in [0.25, 0.3) is 0 Å². The molecule has 22 heavy (non-hydrogen) atoms. The van der Waals surface area contributed by atoms with E-state index in [9.17, 15) is 20.1 Å². The molecule has 2 N–H and O–H groups in total. The first-order chi connectivity index (χ1) is 10.5. The van der Waals surface area contributed by atoms with Gasteiger partial charge in [-0.25, -0.2) is 0 Å². The maximum atomic E-state index is 11.7. The van der Waals surface area contributed by atoms with E-state index in [2.05, 4.69) is 0 Å². The number of carbonyl (C=O) groups excluding carboxylic acids is 1. The Hall–Kier alpha value is -0.690. The van der Waals surface area contributed by atoms with E-state index in [0.717, 1.165) is 19.3 Å². The minimum atomic E-state index is -0.919. The molecule has 2 atom stereocenters. The molecule has 0 aromatic carbocycles. The van der Waals surface area contributed by atoms with Gasteiger partial charge in [0.2, 0.25) is 0 Å². The van der Waals surface area contributed by atoms with Crippen molar-refractivity contribution in [1.82, 2.24) is 0 Å². The van der Waals surface area contributed by atoms with Gasteiger partial charge in [-0.3, -0.25) is 0 Å². The Morgan fingerprint density at radius 3 is 2.05 bits per heavy atom. The Morgan fingerprint density at radius 1 is 1.05 bits per heavy atom. The highest BCUT2D eigenvalue weighted by Gasteiger charge is 2.66. The smallest absolute Gasteiger partial charge is 0.173 e. The minimum Gasteiger partial charge on any atom is -0.550 e. The average Bonchev–Trinajstić information content (AvgIpc) is 2.52. The van der Waals surface area contributed by atoms with Crippen molar-refractivity contribution < 1.29 is 29.6 Å². The van der Waals surface area contributed by atoms with Crippen molar-refractivity contribution in [3.63, 3.8) is 0 Å². The number of aliphatic hydroxyl groups excluding tert-OH is 2. The van der Waals surface area contributed by atoms with Crippen molar-refractivity contribution in [3.8, 4) is 0 Å². The Bertz CT molecular complexity index is 457. The van der Waals surface area contributed by atoms with E-state index in [4.69, 9.17) is 9.47 Å². The molecule has 0 amide bonds. The summed E-state index contributed by atoms with van der Waals surface area (Å²) in [5.41, 5.74) is -1.44. The van der Waals surface area contributed by atoms with Gasteiger partial charge in [0.25, 0.3) is 0 Å². The molecule has 6 heteroatoms. The number of carboxylic acids is 1. The molecule has 0 aromatic heterocycles. The zero-order chi connectivity index (χ0) is 15.6. The molecule has 0 radical (unpaired) electrons. The van der Waals surface area contributed by atoms with E-state index in [1.54, 1.807) is 0 Å². The summed E-state index contributed by atoms with van der Waals surface area (Å²) < 4.78 is 12.2. The molecule has 0 aromatic rings. The molecule has 1 spiro atoms. The van der Waals surface area contributed by atoms with Gasteiger partial charge in [-0.05, 0) is 38.0 Å². The molecular formula is C16H23O6-. The SMILES string of the molecule is O=C([O-])C12CC3CC(C1)C1(OCC(CO)(CO)CO1)C(C3)C2. The number of hydrogen-bond donors (Lipinski definition) is 2. The molecule has 6 nitrogen and oxygen atoms in total. The lowest BCUT2D eigenvalue weighted by Gasteiger charge is -2.66. The van der Waals surface area contributed by atoms with E-state index < -0.39 is 22.6 Å². The Kier molecular flexibility index (Phi) is 3.15. The van der Waals surface area contributed by atoms with Crippen molar-refractivity contribution in [3.05, 3.63) is 0 Å². The fraction of sp³-hybridized carbons (Fsp3) is 0.938. The van der Waals surface area contributed by atoms with Crippen LogP contribution < -0.4 is 5.11 Å². The highest BCUT2D eigenvalue weighted by Crippen LogP contribution is 2.65. The largest absolute Gasteiger partial charge is 0.550 e. The quantitative estimate of drug-likeness (QED) is 0.713. The molecule has 5 fully saturated rings. The van der Waals surface area contributed by atoms with Crippen LogP contribution in [0.4, 0.5) is 0 Å². The second kappa shape index (κ2) is 4.66. The van der Waals surface area contributed by atoms with Gasteiger partial charge in [0.05, 0.1) is 31.8 Å². The molecule has 4 bridgehead atoms. The van der Waals surface area contributed by atoms with Crippen LogP contribution in [0.1, 0.15) is 32.1 Å². The zero-order valence-electron chi connectivity index (χ0n) is 12.6. The summed E-state index contributed by atoms with van der Waals surface area (Å²) in [5, 5.41) is 30.6. The van der Waals surface area contributed by atoms with Crippen LogP contribution in [-0.2, 0) is 14.3 Å². The monoisotopic (exact) mass is 311 g/mol. The fourth-order valence-corrected chi connectivity index (χ4v) is 5.50. The summed E-state index contributed by atoms with van der Waals surface area (Å²) >= 11 is 0. The maximum absolute atomic E-state index is 11.7. The fourth-order valence-electron chi connectivity index (χ4n) is 5.50. The minimum absolute atomic E-state index is 0.0760. The van der Waals surface area contributed by atoms with E-state index in [0.29, 0.717) is 18.8 Å². The predicted octanol–water partition coefficient (Wildman–Crippen LogP) is -0.723. The summed E-state index contributed by atoms with van der Waals surface area (Å²) in [6, 6.07) is 0. The molecule has 5 rings (SSSR count). The average molecular weight is 311 g/mol. The topological polar surface area (TPSA) is 99.1 Å². The van der Waals surface area contributed by atoms with Crippen LogP contribution in [0.2, 0.25) is 0 Å². The lowest BCUT2D eigenvalue weighted by molar-refractivity contribution is -0.398. The molecule has 1 saturated heterocycles. The summed E-state index contributed by atoms with van der Waals surface area (Å²) in [5.74, 6) is -1.06. The summed E-state index contributed by atoms with van der Waals surface area (Å²) in [6.45, 7) is 0.160. The Labute approximate surface area is 129 Å². The van der Waals surface area contributed by atoms with Crippen molar-refractivity contribution in [2.45, 2.75) is 37.9 Å². The van der Waals surface area contributed by atoms with Gasteiger partial charge in [-0.2, -0.15) is 0 Å². The molecule has 4 saturated carbocycles. The van der Waals surface area contributed by atoms with E-state index in [1.165, 1.54) is 0 Å². The summed E-state index contributed by atoms with van der Waals surface area (Å²) in [6.07, 6.45) is 3.74. The number of hydrogen-bond acceptors (Lipinski definition) is 6. The van der Waals surface area contributed by atoms with Crippen molar-refractivity contribution >= 4 is 5.97 Å². The molecule has 4 aliphatic carbocycles. The first kappa shape index (κ1) is 14.9. The molecule has 1 heterocycles. The highest BCUT2D eigenvalue weighted by molar-refractivity contribution is 5.73. The third kappa shape index (κ3) is 1.78. The lowest BCUT2D eigenvalue weighted by atomic mass is 9.47. The number of rotatable bonds is 3. The summed E-state index contributed by atoms with van der Waals surface area (Å²) in [7, 11) is 0. The van der Waals surface area contributed by atoms with Crippen molar-refractivity contribution in [1.29, 1.82) is 0 Å². The normalized spacial score (nSPS) is 44.4. The Balaban J connectivity index is 1.60. The maximum Gasteiger partial charge on any atom is 0.173 e. The second-order valence-electron chi connectivity index (χ2n) is 8.03. The molecule has 5 aliphatic rings. The number of carboxylic acid groups (broad SMARTS) is 1. The van der Waals surface area contributed by atoms with Crippen molar-refractivity contribution in [2.24, 2.45) is 28.6 Å². The molecular weight excluding hydrogens is 288 g/mol. The van der Waals surface area contributed by atoms with E-state index in [1.807, 2.05) is 0 Å².